The summed E-state index contributed by atoms with van der Waals surface area (Å²) >= 11 is 0. The Morgan fingerprint density at radius 1 is 1.39 bits per heavy atom. The summed E-state index contributed by atoms with van der Waals surface area (Å²) in [6.07, 6.45) is 4.72. The number of aromatic amines is 1. The van der Waals surface area contributed by atoms with Gasteiger partial charge >= 0.3 is 0 Å². The number of hydrogen-bond donors (Lipinski definition) is 2. The summed E-state index contributed by atoms with van der Waals surface area (Å²) in [6.45, 7) is 6.23. The largest absolute Gasteiger partial charge is 0.346 e. The molecule has 1 aromatic heterocycles. The summed E-state index contributed by atoms with van der Waals surface area (Å²) in [5.41, 5.74) is 0. The average Bonchev–Trinajstić information content (AvgIpc) is 2.81. The van der Waals surface area contributed by atoms with Crippen molar-refractivity contribution in [1.29, 1.82) is 0 Å². The highest BCUT2D eigenvalue weighted by molar-refractivity contribution is 5.90. The molecule has 1 heterocycles. The van der Waals surface area contributed by atoms with Gasteiger partial charge in [-0.1, -0.05) is 33.6 Å². The van der Waals surface area contributed by atoms with Gasteiger partial charge in [0.15, 0.2) is 0 Å². The van der Waals surface area contributed by atoms with E-state index in [-0.39, 0.29) is 23.7 Å². The maximum atomic E-state index is 12.0. The Hall–Kier alpha value is -1.39. The molecule has 5 heteroatoms. The van der Waals surface area contributed by atoms with Crippen LogP contribution >= 0.6 is 0 Å². The monoisotopic (exact) mass is 250 g/mol. The molecule has 0 aromatic carbocycles. The first-order chi connectivity index (χ1) is 8.58. The molecule has 2 unspecified atom stereocenters. The zero-order valence-corrected chi connectivity index (χ0v) is 11.4. The smallest absolute Gasteiger partial charge is 0.291 e. The highest BCUT2D eigenvalue weighted by atomic mass is 16.2. The van der Waals surface area contributed by atoms with Crippen molar-refractivity contribution < 1.29 is 4.79 Å². The van der Waals surface area contributed by atoms with Crippen LogP contribution in [-0.2, 0) is 0 Å². The van der Waals surface area contributed by atoms with Crippen LogP contribution in [0.1, 0.15) is 68.8 Å². The van der Waals surface area contributed by atoms with Crippen LogP contribution in [-0.4, -0.2) is 27.1 Å². The van der Waals surface area contributed by atoms with Crippen molar-refractivity contribution in [3.05, 3.63) is 11.6 Å². The molecule has 1 aliphatic rings. The first-order valence-electron chi connectivity index (χ1n) is 6.81. The van der Waals surface area contributed by atoms with Gasteiger partial charge in [-0.2, -0.15) is 0 Å². The Bertz CT molecular complexity index is 413. The molecule has 0 radical (unpaired) electrons. The average molecular weight is 250 g/mol. The summed E-state index contributed by atoms with van der Waals surface area (Å²) in [5.74, 6) is 1.67. The van der Waals surface area contributed by atoms with E-state index in [0.717, 1.165) is 12.2 Å². The Balaban J connectivity index is 1.98. The van der Waals surface area contributed by atoms with Gasteiger partial charge in [0.2, 0.25) is 5.82 Å². The van der Waals surface area contributed by atoms with Crippen LogP contribution in [0.4, 0.5) is 0 Å². The van der Waals surface area contributed by atoms with Crippen molar-refractivity contribution in [2.45, 2.75) is 58.4 Å². The maximum Gasteiger partial charge on any atom is 0.291 e. The molecule has 0 aliphatic heterocycles. The van der Waals surface area contributed by atoms with Crippen LogP contribution in [0.25, 0.3) is 0 Å². The number of amides is 1. The fourth-order valence-electron chi connectivity index (χ4n) is 2.40. The number of nitrogens with zero attached hydrogens (tertiary/aromatic N) is 2. The van der Waals surface area contributed by atoms with E-state index < -0.39 is 0 Å². The lowest BCUT2D eigenvalue weighted by Crippen LogP contribution is -2.41. The van der Waals surface area contributed by atoms with Gasteiger partial charge < -0.3 is 5.32 Å². The highest BCUT2D eigenvalue weighted by Gasteiger charge is 2.24. The van der Waals surface area contributed by atoms with Crippen LogP contribution in [0.2, 0.25) is 0 Å². The second-order valence-electron chi connectivity index (χ2n) is 5.54. The van der Waals surface area contributed by atoms with E-state index in [4.69, 9.17) is 0 Å². The molecule has 5 nitrogen and oxygen atoms in total. The van der Waals surface area contributed by atoms with Crippen molar-refractivity contribution in [3.8, 4) is 0 Å². The molecule has 1 fully saturated rings. The number of aromatic nitrogens is 3. The standard InChI is InChI=1S/C13H22N4O/c1-8(2)11-15-12(17-16-11)13(18)14-10-7-5-4-6-9(10)3/h8-10H,4-7H2,1-3H3,(H,14,18)(H,15,16,17). The lowest BCUT2D eigenvalue weighted by molar-refractivity contribution is 0.0900. The number of carbonyl (C=O) groups is 1. The zero-order chi connectivity index (χ0) is 13.1. The number of carbonyl (C=O) groups excluding carboxylic acids is 1. The van der Waals surface area contributed by atoms with E-state index in [1.807, 2.05) is 13.8 Å². The Morgan fingerprint density at radius 2 is 2.11 bits per heavy atom. The lowest BCUT2D eigenvalue weighted by atomic mass is 9.86. The number of nitrogens with one attached hydrogen (secondary N) is 2. The van der Waals surface area contributed by atoms with Crippen molar-refractivity contribution in [1.82, 2.24) is 20.5 Å². The fraction of sp³-hybridized carbons (Fsp3) is 0.769. The van der Waals surface area contributed by atoms with Crippen LogP contribution in [0, 0.1) is 5.92 Å². The quantitative estimate of drug-likeness (QED) is 0.864. The van der Waals surface area contributed by atoms with Crippen LogP contribution in [0.5, 0.6) is 0 Å². The molecule has 0 saturated heterocycles. The third-order valence-corrected chi connectivity index (χ3v) is 3.68. The summed E-state index contributed by atoms with van der Waals surface area (Å²) in [6, 6.07) is 0.271. The van der Waals surface area contributed by atoms with Gasteiger partial charge in [0.1, 0.15) is 5.82 Å². The minimum absolute atomic E-state index is 0.156. The van der Waals surface area contributed by atoms with Crippen LogP contribution in [0.15, 0.2) is 0 Å². The predicted octanol–water partition coefficient (Wildman–Crippen LogP) is 2.24. The predicted molar refractivity (Wildman–Crippen MR) is 69.4 cm³/mol. The Labute approximate surface area is 108 Å². The van der Waals surface area contributed by atoms with Crippen LogP contribution < -0.4 is 5.32 Å². The molecule has 0 spiro atoms. The minimum atomic E-state index is -0.156. The van der Waals surface area contributed by atoms with Crippen molar-refractivity contribution in [2.24, 2.45) is 5.92 Å². The molecule has 1 saturated carbocycles. The summed E-state index contributed by atoms with van der Waals surface area (Å²) in [7, 11) is 0. The van der Waals surface area contributed by atoms with Gasteiger partial charge in [-0.15, -0.1) is 5.10 Å². The molecule has 1 aromatic rings. The SMILES string of the molecule is CC(C)c1nc(C(=O)NC2CCCCC2C)n[nH]1. The van der Waals surface area contributed by atoms with E-state index in [0.29, 0.717) is 5.92 Å². The Morgan fingerprint density at radius 3 is 2.72 bits per heavy atom. The molecule has 2 rings (SSSR count). The molecule has 1 amide bonds. The lowest BCUT2D eigenvalue weighted by Gasteiger charge is -2.28. The number of rotatable bonds is 3. The highest BCUT2D eigenvalue weighted by Crippen LogP contribution is 2.23. The molecule has 18 heavy (non-hydrogen) atoms. The number of H-pyrrole nitrogens is 1. The molecular weight excluding hydrogens is 228 g/mol. The third-order valence-electron chi connectivity index (χ3n) is 3.68. The van der Waals surface area contributed by atoms with Gasteiger partial charge in [0, 0.05) is 12.0 Å². The van der Waals surface area contributed by atoms with Crippen molar-refractivity contribution in [3.63, 3.8) is 0 Å². The second kappa shape index (κ2) is 5.50. The van der Waals surface area contributed by atoms with E-state index in [2.05, 4.69) is 27.4 Å². The minimum Gasteiger partial charge on any atom is -0.346 e. The van der Waals surface area contributed by atoms with E-state index in [1.54, 1.807) is 0 Å². The second-order valence-corrected chi connectivity index (χ2v) is 5.54. The third kappa shape index (κ3) is 2.89. The van der Waals surface area contributed by atoms with Gasteiger partial charge in [-0.3, -0.25) is 9.89 Å². The fourth-order valence-corrected chi connectivity index (χ4v) is 2.40. The molecule has 1 aliphatic carbocycles. The van der Waals surface area contributed by atoms with Gasteiger partial charge in [0.25, 0.3) is 5.91 Å². The van der Waals surface area contributed by atoms with E-state index in [1.165, 1.54) is 19.3 Å². The number of hydrogen-bond acceptors (Lipinski definition) is 3. The van der Waals surface area contributed by atoms with E-state index in [9.17, 15) is 4.79 Å². The normalized spacial score (nSPS) is 24.2. The first-order valence-corrected chi connectivity index (χ1v) is 6.81. The summed E-state index contributed by atoms with van der Waals surface area (Å²) < 4.78 is 0. The molecular formula is C13H22N4O. The summed E-state index contributed by atoms with van der Waals surface area (Å²) in [5, 5.41) is 9.85. The van der Waals surface area contributed by atoms with E-state index >= 15 is 0 Å². The molecule has 0 bridgehead atoms. The van der Waals surface area contributed by atoms with Crippen LogP contribution in [0.3, 0.4) is 0 Å². The van der Waals surface area contributed by atoms with Gasteiger partial charge in [-0.25, -0.2) is 4.98 Å². The molecule has 2 N–H and O–H groups in total. The molecule has 2 atom stereocenters. The first kappa shape index (κ1) is 13.1. The van der Waals surface area contributed by atoms with Crippen molar-refractivity contribution >= 4 is 5.91 Å². The van der Waals surface area contributed by atoms with Gasteiger partial charge in [0.05, 0.1) is 0 Å². The van der Waals surface area contributed by atoms with Gasteiger partial charge in [-0.05, 0) is 18.8 Å². The topological polar surface area (TPSA) is 70.7 Å². The zero-order valence-electron chi connectivity index (χ0n) is 11.4. The summed E-state index contributed by atoms with van der Waals surface area (Å²) in [4.78, 5) is 16.3. The maximum absolute atomic E-state index is 12.0. The van der Waals surface area contributed by atoms with Crippen molar-refractivity contribution in [2.75, 3.05) is 0 Å². The Kier molecular flexibility index (Phi) is 3.99. The molecule has 100 valence electrons.